The number of likely N-dealkylation sites (N-methyl/N-ethyl adjacent to an activating group) is 1. The molecule has 0 unspecified atom stereocenters. The highest BCUT2D eigenvalue weighted by atomic mass is 16.5. The Bertz CT molecular complexity index is 1070. The van der Waals surface area contributed by atoms with Gasteiger partial charge in [-0.1, -0.05) is 0 Å². The number of anilines is 3. The van der Waals surface area contributed by atoms with Gasteiger partial charge in [0.05, 0.1) is 12.4 Å². The zero-order chi connectivity index (χ0) is 22.4. The molecule has 31 heavy (non-hydrogen) atoms. The van der Waals surface area contributed by atoms with Crippen molar-refractivity contribution in [2.75, 3.05) is 37.8 Å². The number of rotatable bonds is 9. The third kappa shape index (κ3) is 5.67. The maximum Gasteiger partial charge on any atom is 0.253 e. The minimum atomic E-state index is -0.149. The molecule has 0 bridgehead atoms. The Morgan fingerprint density at radius 2 is 2.03 bits per heavy atom. The van der Waals surface area contributed by atoms with Gasteiger partial charge < -0.3 is 20.3 Å². The van der Waals surface area contributed by atoms with E-state index in [2.05, 4.69) is 30.7 Å². The summed E-state index contributed by atoms with van der Waals surface area (Å²) in [7, 11) is 5.79. The van der Waals surface area contributed by atoms with Gasteiger partial charge in [-0.05, 0) is 27.9 Å². The first-order valence-electron chi connectivity index (χ1n) is 9.98. The summed E-state index contributed by atoms with van der Waals surface area (Å²) >= 11 is 0. The predicted octanol–water partition coefficient (Wildman–Crippen LogP) is 2.65. The molecule has 0 aromatic carbocycles. The Kier molecular flexibility index (Phi) is 6.99. The van der Waals surface area contributed by atoms with Gasteiger partial charge in [0.25, 0.3) is 5.88 Å². The molecule has 0 spiro atoms. The number of nitrogens with zero attached hydrogens (tertiary/aromatic N) is 7. The van der Waals surface area contributed by atoms with Crippen LogP contribution in [0.5, 0.6) is 5.88 Å². The van der Waals surface area contributed by atoms with Crippen molar-refractivity contribution in [3.8, 4) is 23.1 Å². The standard InChI is InChI=1S/C21H27N9O/c1-6-23-17-7-19(25-10-16(17)15-9-26-30(5)13-15)27-20-11-24-18(8-22)21(28-20)31-14(2)12-29(3)4/h7,9-11,13-14H,6,12H2,1-5H3,(H2,23,25,27,28)/t14-/m1/s1. The molecule has 3 heterocycles. The van der Waals surface area contributed by atoms with E-state index in [-0.39, 0.29) is 17.7 Å². The summed E-state index contributed by atoms with van der Waals surface area (Å²) < 4.78 is 7.60. The Morgan fingerprint density at radius 3 is 2.68 bits per heavy atom. The molecule has 0 amide bonds. The topological polar surface area (TPSA) is 117 Å². The molecule has 10 heteroatoms. The summed E-state index contributed by atoms with van der Waals surface area (Å²) in [6.45, 7) is 5.40. The molecule has 162 valence electrons. The zero-order valence-electron chi connectivity index (χ0n) is 18.4. The molecule has 0 radical (unpaired) electrons. The minimum absolute atomic E-state index is 0.143. The highest BCUT2D eigenvalue weighted by Crippen LogP contribution is 2.30. The van der Waals surface area contributed by atoms with Crippen LogP contribution in [0.1, 0.15) is 19.5 Å². The van der Waals surface area contributed by atoms with Crippen molar-refractivity contribution in [1.29, 1.82) is 5.26 Å². The number of ether oxygens (including phenoxy) is 1. The monoisotopic (exact) mass is 421 g/mol. The molecule has 3 rings (SSSR count). The van der Waals surface area contributed by atoms with Crippen LogP contribution < -0.4 is 15.4 Å². The lowest BCUT2D eigenvalue weighted by molar-refractivity contribution is 0.169. The molecular weight excluding hydrogens is 394 g/mol. The van der Waals surface area contributed by atoms with Crippen LogP contribution in [0, 0.1) is 11.3 Å². The molecule has 3 aromatic rings. The van der Waals surface area contributed by atoms with Gasteiger partial charge in [0.15, 0.2) is 5.82 Å². The molecule has 2 N–H and O–H groups in total. The molecule has 0 fully saturated rings. The van der Waals surface area contributed by atoms with Crippen LogP contribution in [0.3, 0.4) is 0 Å². The van der Waals surface area contributed by atoms with Crippen LogP contribution in [0.4, 0.5) is 17.3 Å². The van der Waals surface area contributed by atoms with E-state index in [1.165, 1.54) is 6.20 Å². The van der Waals surface area contributed by atoms with Crippen molar-refractivity contribution in [3.63, 3.8) is 0 Å². The molecule has 0 saturated heterocycles. The van der Waals surface area contributed by atoms with Crippen molar-refractivity contribution in [3.05, 3.63) is 36.5 Å². The molecule has 0 aliphatic rings. The SMILES string of the molecule is CCNc1cc(Nc2cnc(C#N)c(O[C@H](C)CN(C)C)n2)ncc1-c1cnn(C)c1. The van der Waals surface area contributed by atoms with Crippen molar-refractivity contribution >= 4 is 17.3 Å². The van der Waals surface area contributed by atoms with Gasteiger partial charge in [-0.25, -0.2) is 9.97 Å². The summed E-state index contributed by atoms with van der Waals surface area (Å²) in [5, 5.41) is 20.1. The minimum Gasteiger partial charge on any atom is -0.471 e. The second-order valence-corrected chi connectivity index (χ2v) is 7.38. The fourth-order valence-corrected chi connectivity index (χ4v) is 3.12. The maximum atomic E-state index is 9.34. The number of nitriles is 1. The normalized spacial score (nSPS) is 11.8. The number of aromatic nitrogens is 5. The molecular formula is C21H27N9O. The van der Waals surface area contributed by atoms with Gasteiger partial charge in [0.1, 0.15) is 18.0 Å². The molecule has 0 aliphatic heterocycles. The number of aryl methyl sites for hydroxylation is 1. The Labute approximate surface area is 181 Å². The van der Waals surface area contributed by atoms with Gasteiger partial charge in [-0.2, -0.15) is 15.3 Å². The van der Waals surface area contributed by atoms with Crippen LogP contribution in [0.2, 0.25) is 0 Å². The lowest BCUT2D eigenvalue weighted by atomic mass is 10.1. The van der Waals surface area contributed by atoms with E-state index in [1.807, 2.05) is 58.2 Å². The summed E-state index contributed by atoms with van der Waals surface area (Å²) in [6.07, 6.45) is 6.87. The molecule has 10 nitrogen and oxygen atoms in total. The molecule has 0 aliphatic carbocycles. The summed E-state index contributed by atoms with van der Waals surface area (Å²) in [5.41, 5.74) is 2.99. The fraction of sp³-hybridized carbons (Fsp3) is 0.381. The Balaban J connectivity index is 1.85. The van der Waals surface area contributed by atoms with Crippen molar-refractivity contribution in [2.24, 2.45) is 7.05 Å². The lowest BCUT2D eigenvalue weighted by Gasteiger charge is -2.18. The third-order valence-electron chi connectivity index (χ3n) is 4.32. The van der Waals surface area contributed by atoms with Gasteiger partial charge in [-0.3, -0.25) is 4.68 Å². The van der Waals surface area contributed by atoms with Crippen LogP contribution in [0.15, 0.2) is 30.9 Å². The first kappa shape index (κ1) is 22.0. The van der Waals surface area contributed by atoms with E-state index in [1.54, 1.807) is 17.1 Å². The fourth-order valence-electron chi connectivity index (χ4n) is 3.12. The average molecular weight is 422 g/mol. The first-order valence-corrected chi connectivity index (χ1v) is 9.98. The molecule has 0 saturated carbocycles. The maximum absolute atomic E-state index is 9.34. The van der Waals surface area contributed by atoms with E-state index < -0.39 is 0 Å². The van der Waals surface area contributed by atoms with Gasteiger partial charge in [0.2, 0.25) is 5.69 Å². The van der Waals surface area contributed by atoms with Crippen LogP contribution in [-0.4, -0.2) is 62.9 Å². The summed E-state index contributed by atoms with van der Waals surface area (Å²) in [6, 6.07) is 3.93. The Hall–Kier alpha value is -3.71. The van der Waals surface area contributed by atoms with E-state index in [9.17, 15) is 5.26 Å². The Morgan fingerprint density at radius 1 is 1.23 bits per heavy atom. The van der Waals surface area contributed by atoms with Crippen LogP contribution in [-0.2, 0) is 7.05 Å². The largest absolute Gasteiger partial charge is 0.471 e. The average Bonchev–Trinajstić information content (AvgIpc) is 3.14. The second-order valence-electron chi connectivity index (χ2n) is 7.38. The quantitative estimate of drug-likeness (QED) is 0.538. The van der Waals surface area contributed by atoms with E-state index in [0.29, 0.717) is 18.2 Å². The van der Waals surface area contributed by atoms with Crippen molar-refractivity contribution in [1.82, 2.24) is 29.6 Å². The summed E-state index contributed by atoms with van der Waals surface area (Å²) in [4.78, 5) is 15.1. The van der Waals surface area contributed by atoms with Gasteiger partial charge >= 0.3 is 0 Å². The lowest BCUT2D eigenvalue weighted by Crippen LogP contribution is -2.28. The van der Waals surface area contributed by atoms with E-state index >= 15 is 0 Å². The molecule has 3 aromatic heterocycles. The number of hydrogen-bond donors (Lipinski definition) is 2. The van der Waals surface area contributed by atoms with Crippen LogP contribution >= 0.6 is 0 Å². The number of pyridine rings is 1. The highest BCUT2D eigenvalue weighted by molar-refractivity contribution is 5.79. The highest BCUT2D eigenvalue weighted by Gasteiger charge is 2.15. The van der Waals surface area contributed by atoms with Crippen molar-refractivity contribution < 1.29 is 4.74 Å². The molecule has 1 atom stereocenters. The number of hydrogen-bond acceptors (Lipinski definition) is 9. The third-order valence-corrected chi connectivity index (χ3v) is 4.32. The first-order chi connectivity index (χ1) is 14.9. The van der Waals surface area contributed by atoms with Gasteiger partial charge in [0, 0.05) is 55.4 Å². The smallest absolute Gasteiger partial charge is 0.253 e. The van der Waals surface area contributed by atoms with Crippen molar-refractivity contribution in [2.45, 2.75) is 20.0 Å². The summed E-state index contributed by atoms with van der Waals surface area (Å²) in [5.74, 6) is 1.23. The predicted molar refractivity (Wildman–Crippen MR) is 119 cm³/mol. The number of nitrogens with one attached hydrogen (secondary N) is 2. The van der Waals surface area contributed by atoms with Gasteiger partial charge in [-0.15, -0.1) is 0 Å². The van der Waals surface area contributed by atoms with E-state index in [4.69, 9.17) is 4.74 Å². The van der Waals surface area contributed by atoms with Crippen LogP contribution in [0.25, 0.3) is 11.1 Å². The zero-order valence-corrected chi connectivity index (χ0v) is 18.4. The van der Waals surface area contributed by atoms with E-state index in [0.717, 1.165) is 23.4 Å². The second kappa shape index (κ2) is 9.86.